The molecule has 1 heterocycles. The molecule has 0 saturated heterocycles. The van der Waals surface area contributed by atoms with E-state index in [0.29, 0.717) is 16.9 Å². The van der Waals surface area contributed by atoms with Gasteiger partial charge in [0.05, 0.1) is 30.2 Å². The Morgan fingerprint density at radius 3 is 2.21 bits per heavy atom. The van der Waals surface area contributed by atoms with E-state index in [2.05, 4.69) is 0 Å². The maximum atomic E-state index is 13.4. The van der Waals surface area contributed by atoms with E-state index < -0.39 is 17.4 Å². The molecule has 0 aliphatic heterocycles. The van der Waals surface area contributed by atoms with Crippen LogP contribution in [0, 0.1) is 6.92 Å². The van der Waals surface area contributed by atoms with Crippen LogP contribution in [0.1, 0.15) is 33.4 Å². The van der Waals surface area contributed by atoms with E-state index in [4.69, 9.17) is 18.6 Å². The van der Waals surface area contributed by atoms with Crippen molar-refractivity contribution < 1.29 is 28.2 Å². The smallest absolute Gasteiger partial charge is 0.375 e. The fraction of sp³-hybridized carbons (Fsp3) is 0.148. The molecule has 34 heavy (non-hydrogen) atoms. The van der Waals surface area contributed by atoms with E-state index in [1.54, 1.807) is 43.3 Å². The third-order valence-corrected chi connectivity index (χ3v) is 5.20. The van der Waals surface area contributed by atoms with Gasteiger partial charge in [-0.05, 0) is 55.8 Å². The van der Waals surface area contributed by atoms with Crippen molar-refractivity contribution in [3.63, 3.8) is 0 Å². The number of aryl methyl sites for hydroxylation is 1. The molecule has 0 spiro atoms. The van der Waals surface area contributed by atoms with Gasteiger partial charge in [0.25, 0.3) is 0 Å². The lowest BCUT2D eigenvalue weighted by Gasteiger charge is -2.11. The number of methoxy groups -OCH3 is 1. The van der Waals surface area contributed by atoms with Crippen LogP contribution in [0.4, 0.5) is 0 Å². The SMILES string of the molecule is CCOC(=O)c1oc2cc(OC(=O)c3ccc(C)cc3)ccc2c(=O)c1-c1ccc(OC)cc1. The molecule has 0 unspecified atom stereocenters. The van der Waals surface area contributed by atoms with E-state index in [0.717, 1.165) is 5.56 Å². The molecule has 0 N–H and O–H groups in total. The number of hydrogen-bond acceptors (Lipinski definition) is 7. The van der Waals surface area contributed by atoms with E-state index in [1.807, 2.05) is 19.1 Å². The molecule has 7 heteroatoms. The van der Waals surface area contributed by atoms with Crippen LogP contribution >= 0.6 is 0 Å². The van der Waals surface area contributed by atoms with Gasteiger partial charge in [-0.15, -0.1) is 0 Å². The summed E-state index contributed by atoms with van der Waals surface area (Å²) >= 11 is 0. The number of rotatable bonds is 6. The van der Waals surface area contributed by atoms with Crippen molar-refractivity contribution in [1.82, 2.24) is 0 Å². The fourth-order valence-electron chi connectivity index (χ4n) is 3.45. The van der Waals surface area contributed by atoms with Gasteiger partial charge in [-0.25, -0.2) is 9.59 Å². The van der Waals surface area contributed by atoms with Gasteiger partial charge in [-0.2, -0.15) is 0 Å². The summed E-state index contributed by atoms with van der Waals surface area (Å²) in [5, 5.41) is 0.231. The Morgan fingerprint density at radius 1 is 0.882 bits per heavy atom. The molecule has 172 valence electrons. The minimum atomic E-state index is -0.769. The maximum Gasteiger partial charge on any atom is 0.375 e. The molecule has 0 aliphatic rings. The summed E-state index contributed by atoms with van der Waals surface area (Å²) in [6.45, 7) is 3.69. The van der Waals surface area contributed by atoms with Gasteiger partial charge in [0, 0.05) is 6.07 Å². The van der Waals surface area contributed by atoms with Crippen molar-refractivity contribution in [3.05, 3.63) is 93.8 Å². The average Bonchev–Trinajstić information content (AvgIpc) is 2.84. The highest BCUT2D eigenvalue weighted by Crippen LogP contribution is 2.29. The molecule has 0 fully saturated rings. The summed E-state index contributed by atoms with van der Waals surface area (Å²) in [6, 6.07) is 18.1. The Bertz CT molecular complexity index is 1410. The zero-order chi connectivity index (χ0) is 24.2. The Kier molecular flexibility index (Phi) is 6.45. The van der Waals surface area contributed by atoms with Crippen molar-refractivity contribution in [2.24, 2.45) is 0 Å². The van der Waals surface area contributed by atoms with Gasteiger partial charge >= 0.3 is 11.9 Å². The topological polar surface area (TPSA) is 92.0 Å². The number of fused-ring (bicyclic) bond motifs is 1. The van der Waals surface area contributed by atoms with Gasteiger partial charge in [-0.1, -0.05) is 29.8 Å². The van der Waals surface area contributed by atoms with Crippen LogP contribution in [0.3, 0.4) is 0 Å². The number of ether oxygens (including phenoxy) is 3. The first kappa shape index (κ1) is 22.8. The second-order valence-corrected chi connectivity index (χ2v) is 7.50. The molecule has 4 rings (SSSR count). The first-order chi connectivity index (χ1) is 16.4. The molecular formula is C27H22O7. The van der Waals surface area contributed by atoms with Gasteiger partial charge < -0.3 is 18.6 Å². The number of hydrogen-bond donors (Lipinski definition) is 0. The molecule has 1 aromatic heterocycles. The molecule has 0 bridgehead atoms. The summed E-state index contributed by atoms with van der Waals surface area (Å²) < 4.78 is 21.6. The van der Waals surface area contributed by atoms with Crippen LogP contribution in [-0.2, 0) is 4.74 Å². The van der Waals surface area contributed by atoms with Gasteiger partial charge in [0.15, 0.2) is 0 Å². The summed E-state index contributed by atoms with van der Waals surface area (Å²) in [7, 11) is 1.53. The average molecular weight is 458 g/mol. The van der Waals surface area contributed by atoms with E-state index in [9.17, 15) is 14.4 Å². The van der Waals surface area contributed by atoms with Crippen molar-refractivity contribution in [3.8, 4) is 22.6 Å². The first-order valence-corrected chi connectivity index (χ1v) is 10.6. The number of benzene rings is 3. The number of esters is 2. The quantitative estimate of drug-likeness (QED) is 0.291. The van der Waals surface area contributed by atoms with Crippen LogP contribution in [0.15, 0.2) is 75.9 Å². The Hall–Kier alpha value is -4.39. The van der Waals surface area contributed by atoms with Crippen molar-refractivity contribution in [1.29, 1.82) is 0 Å². The Balaban J connectivity index is 1.79. The van der Waals surface area contributed by atoms with E-state index >= 15 is 0 Å². The van der Waals surface area contributed by atoms with E-state index in [-0.39, 0.29) is 34.6 Å². The van der Waals surface area contributed by atoms with Crippen LogP contribution in [0.25, 0.3) is 22.1 Å². The normalized spacial score (nSPS) is 10.7. The van der Waals surface area contributed by atoms with Crippen molar-refractivity contribution in [2.75, 3.05) is 13.7 Å². The molecule has 0 aliphatic carbocycles. The third-order valence-electron chi connectivity index (χ3n) is 5.20. The second kappa shape index (κ2) is 9.62. The minimum Gasteiger partial charge on any atom is -0.497 e. The zero-order valence-electron chi connectivity index (χ0n) is 18.9. The molecule has 0 amide bonds. The lowest BCUT2D eigenvalue weighted by molar-refractivity contribution is 0.0491. The predicted molar refractivity (Wildman–Crippen MR) is 127 cm³/mol. The number of carbonyl (C=O) groups is 2. The fourth-order valence-corrected chi connectivity index (χ4v) is 3.45. The highest BCUT2D eigenvalue weighted by atomic mass is 16.5. The van der Waals surface area contributed by atoms with Crippen molar-refractivity contribution in [2.45, 2.75) is 13.8 Å². The summed E-state index contributed by atoms with van der Waals surface area (Å²) in [5.41, 5.74) is 1.65. The monoisotopic (exact) mass is 458 g/mol. The molecule has 4 aromatic rings. The summed E-state index contributed by atoms with van der Waals surface area (Å²) in [6.07, 6.45) is 0. The van der Waals surface area contributed by atoms with Crippen molar-refractivity contribution >= 4 is 22.9 Å². The molecule has 0 saturated carbocycles. The van der Waals surface area contributed by atoms with Gasteiger partial charge in [-0.3, -0.25) is 4.79 Å². The number of carbonyl (C=O) groups excluding carboxylic acids is 2. The lowest BCUT2D eigenvalue weighted by atomic mass is 10.0. The Labute approximate surface area is 195 Å². The highest BCUT2D eigenvalue weighted by Gasteiger charge is 2.23. The van der Waals surface area contributed by atoms with Crippen LogP contribution in [0.2, 0.25) is 0 Å². The molecule has 3 aromatic carbocycles. The third kappa shape index (κ3) is 4.54. The van der Waals surface area contributed by atoms with Gasteiger partial charge in [0.1, 0.15) is 17.1 Å². The molecule has 0 atom stereocenters. The molecular weight excluding hydrogens is 436 g/mol. The van der Waals surface area contributed by atoms with Crippen LogP contribution in [0.5, 0.6) is 11.5 Å². The van der Waals surface area contributed by atoms with Gasteiger partial charge in [0.2, 0.25) is 11.2 Å². The molecule has 7 nitrogen and oxygen atoms in total. The first-order valence-electron chi connectivity index (χ1n) is 10.6. The Morgan fingerprint density at radius 2 is 1.56 bits per heavy atom. The minimum absolute atomic E-state index is 0.0815. The predicted octanol–water partition coefficient (Wildman–Crippen LogP) is 5.17. The standard InChI is InChI=1S/C27H22O7/c1-4-32-27(30)25-23(17-9-11-19(31-3)12-10-17)24(28)21-14-13-20(15-22(21)34-25)33-26(29)18-7-5-16(2)6-8-18/h5-15H,4H2,1-3H3. The summed E-state index contributed by atoms with van der Waals surface area (Å²) in [4.78, 5) is 38.5. The van der Waals surface area contributed by atoms with E-state index in [1.165, 1.54) is 25.3 Å². The highest BCUT2D eigenvalue weighted by molar-refractivity contribution is 5.98. The van der Waals surface area contributed by atoms with Crippen LogP contribution < -0.4 is 14.9 Å². The molecule has 0 radical (unpaired) electrons. The lowest BCUT2D eigenvalue weighted by Crippen LogP contribution is -2.15. The zero-order valence-corrected chi connectivity index (χ0v) is 18.9. The maximum absolute atomic E-state index is 13.4. The summed E-state index contributed by atoms with van der Waals surface area (Å²) in [5.74, 6) is -0.775. The largest absolute Gasteiger partial charge is 0.497 e. The van der Waals surface area contributed by atoms with Crippen LogP contribution in [-0.4, -0.2) is 25.7 Å². The second-order valence-electron chi connectivity index (χ2n) is 7.50.